The van der Waals surface area contributed by atoms with Crippen LogP contribution in [0.25, 0.3) is 0 Å². The quantitative estimate of drug-likeness (QED) is 0.343. The molecular formula is C32H32ClN3O4S. The Hall–Kier alpha value is -3.33. The number of carbonyl (C=O) groups is 3. The van der Waals surface area contributed by atoms with Gasteiger partial charge < -0.3 is 20.6 Å². The molecule has 212 valence electrons. The van der Waals surface area contributed by atoms with Gasteiger partial charge in [0, 0.05) is 21.1 Å². The largest absolute Gasteiger partial charge is 0.394 e. The summed E-state index contributed by atoms with van der Waals surface area (Å²) in [6.07, 6.45) is 1.72. The molecule has 0 saturated carbocycles. The number of hydrogen-bond acceptors (Lipinski definition) is 5. The topological polar surface area (TPSA) is 98.7 Å². The van der Waals surface area contributed by atoms with Crippen LogP contribution < -0.4 is 10.6 Å². The minimum atomic E-state index is -0.863. The van der Waals surface area contributed by atoms with Crippen molar-refractivity contribution >= 4 is 52.5 Å². The van der Waals surface area contributed by atoms with Gasteiger partial charge in [0.2, 0.25) is 17.7 Å². The van der Waals surface area contributed by atoms with E-state index in [1.165, 1.54) is 0 Å². The average molecular weight is 590 g/mol. The van der Waals surface area contributed by atoms with Gasteiger partial charge in [0.15, 0.2) is 0 Å². The SMILES string of the molecule is C[C@]12CCC3(S1)C(C(=O)Nc1ccc(Cl)cc1)N([C@@H](CO)Cc1ccccc1)C(=O)[C@@H]3[C@H]2C(=O)Nc1ccccc1. The molecule has 3 fully saturated rings. The molecule has 0 aromatic heterocycles. The van der Waals surface area contributed by atoms with E-state index in [0.29, 0.717) is 35.7 Å². The van der Waals surface area contributed by atoms with Crippen molar-refractivity contribution in [2.75, 3.05) is 17.2 Å². The van der Waals surface area contributed by atoms with Crippen molar-refractivity contribution in [3.8, 4) is 0 Å². The van der Waals surface area contributed by atoms with E-state index in [1.807, 2.05) is 67.6 Å². The van der Waals surface area contributed by atoms with E-state index >= 15 is 0 Å². The summed E-state index contributed by atoms with van der Waals surface area (Å²) >= 11 is 7.67. The second-order valence-electron chi connectivity index (χ2n) is 11.4. The fraction of sp³-hybridized carbons (Fsp3) is 0.344. The van der Waals surface area contributed by atoms with Crippen LogP contribution in [0.4, 0.5) is 11.4 Å². The van der Waals surface area contributed by atoms with Gasteiger partial charge in [0.05, 0.1) is 29.2 Å². The van der Waals surface area contributed by atoms with E-state index < -0.39 is 33.4 Å². The summed E-state index contributed by atoms with van der Waals surface area (Å²) in [6.45, 7) is 1.73. The zero-order valence-corrected chi connectivity index (χ0v) is 24.2. The number of rotatable bonds is 8. The molecule has 1 spiro atoms. The summed E-state index contributed by atoms with van der Waals surface area (Å²) in [5.74, 6) is -2.11. The Morgan fingerprint density at radius 2 is 1.56 bits per heavy atom. The van der Waals surface area contributed by atoms with Gasteiger partial charge in [0.1, 0.15) is 6.04 Å². The van der Waals surface area contributed by atoms with E-state index in [1.54, 1.807) is 40.9 Å². The number of likely N-dealkylation sites (tertiary alicyclic amines) is 1. The van der Waals surface area contributed by atoms with E-state index in [0.717, 1.165) is 5.56 Å². The smallest absolute Gasteiger partial charge is 0.248 e. The summed E-state index contributed by atoms with van der Waals surface area (Å²) < 4.78 is -1.30. The summed E-state index contributed by atoms with van der Waals surface area (Å²) in [6, 6.07) is 24.2. The van der Waals surface area contributed by atoms with Crippen molar-refractivity contribution in [1.82, 2.24) is 4.90 Å². The fourth-order valence-corrected chi connectivity index (χ4v) is 9.55. The molecular weight excluding hydrogens is 558 g/mol. The summed E-state index contributed by atoms with van der Waals surface area (Å²) in [7, 11) is 0. The van der Waals surface area contributed by atoms with Crippen LogP contribution in [0.2, 0.25) is 5.02 Å². The maximum absolute atomic E-state index is 14.5. The van der Waals surface area contributed by atoms with Gasteiger partial charge >= 0.3 is 0 Å². The van der Waals surface area contributed by atoms with Crippen LogP contribution in [0.5, 0.6) is 0 Å². The number of para-hydroxylation sites is 1. The molecule has 9 heteroatoms. The second-order valence-corrected chi connectivity index (χ2v) is 13.7. The number of aliphatic hydroxyl groups is 1. The van der Waals surface area contributed by atoms with Crippen LogP contribution in [-0.4, -0.2) is 55.9 Å². The lowest BCUT2D eigenvalue weighted by Crippen LogP contribution is -2.55. The molecule has 6 atom stereocenters. The van der Waals surface area contributed by atoms with Crippen LogP contribution in [0.15, 0.2) is 84.9 Å². The van der Waals surface area contributed by atoms with Crippen molar-refractivity contribution < 1.29 is 19.5 Å². The molecule has 7 nitrogen and oxygen atoms in total. The zero-order chi connectivity index (χ0) is 28.8. The Kier molecular flexibility index (Phi) is 7.34. The summed E-state index contributed by atoms with van der Waals surface area (Å²) in [4.78, 5) is 44.2. The van der Waals surface area contributed by atoms with Gasteiger partial charge in [-0.2, -0.15) is 0 Å². The Bertz CT molecular complexity index is 1460. The molecule has 2 bridgehead atoms. The molecule has 3 N–H and O–H groups in total. The second kappa shape index (κ2) is 10.8. The molecule has 3 saturated heterocycles. The Morgan fingerprint density at radius 1 is 0.951 bits per heavy atom. The third-order valence-electron chi connectivity index (χ3n) is 8.82. The molecule has 3 aromatic carbocycles. The molecule has 6 rings (SSSR count). The lowest BCUT2D eigenvalue weighted by molar-refractivity contribution is -0.141. The Balaban J connectivity index is 1.39. The van der Waals surface area contributed by atoms with Crippen molar-refractivity contribution in [3.63, 3.8) is 0 Å². The maximum atomic E-state index is 14.5. The first kappa shape index (κ1) is 27.8. The minimum Gasteiger partial charge on any atom is -0.394 e. The molecule has 3 aliphatic rings. The van der Waals surface area contributed by atoms with Crippen molar-refractivity contribution in [2.45, 2.75) is 47.8 Å². The molecule has 3 aromatic rings. The number of carbonyl (C=O) groups excluding carboxylic acids is 3. The zero-order valence-electron chi connectivity index (χ0n) is 22.6. The van der Waals surface area contributed by atoms with Gasteiger partial charge in [0.25, 0.3) is 0 Å². The summed E-state index contributed by atoms with van der Waals surface area (Å²) in [5, 5.41) is 17.2. The third-order valence-corrected chi connectivity index (χ3v) is 11.1. The van der Waals surface area contributed by atoms with E-state index in [-0.39, 0.29) is 24.3 Å². The fourth-order valence-electron chi connectivity index (χ4n) is 7.08. The lowest BCUT2D eigenvalue weighted by Gasteiger charge is -2.37. The lowest BCUT2D eigenvalue weighted by atomic mass is 9.66. The van der Waals surface area contributed by atoms with Gasteiger partial charge in [-0.1, -0.05) is 60.1 Å². The van der Waals surface area contributed by atoms with Crippen LogP contribution in [0.3, 0.4) is 0 Å². The normalized spacial score (nSPS) is 28.8. The number of aliphatic hydroxyl groups excluding tert-OH is 1. The number of halogens is 1. The molecule has 2 unspecified atom stereocenters. The van der Waals surface area contributed by atoms with Crippen LogP contribution >= 0.6 is 23.4 Å². The average Bonchev–Trinajstić information content (AvgIpc) is 3.54. The van der Waals surface area contributed by atoms with Crippen molar-refractivity contribution in [1.29, 1.82) is 0 Å². The van der Waals surface area contributed by atoms with E-state index in [2.05, 4.69) is 10.6 Å². The minimum absolute atomic E-state index is 0.214. The monoisotopic (exact) mass is 589 g/mol. The number of nitrogens with zero attached hydrogens (tertiary/aromatic N) is 1. The molecule has 41 heavy (non-hydrogen) atoms. The van der Waals surface area contributed by atoms with E-state index in [9.17, 15) is 19.5 Å². The number of anilines is 2. The van der Waals surface area contributed by atoms with Crippen LogP contribution in [-0.2, 0) is 20.8 Å². The van der Waals surface area contributed by atoms with Crippen molar-refractivity contribution in [3.05, 3.63) is 95.5 Å². The Labute approximate surface area is 248 Å². The third kappa shape index (κ3) is 4.82. The molecule has 3 aliphatic heterocycles. The number of amides is 3. The maximum Gasteiger partial charge on any atom is 0.248 e. The highest BCUT2D eigenvalue weighted by Gasteiger charge is 2.77. The van der Waals surface area contributed by atoms with Crippen molar-refractivity contribution in [2.24, 2.45) is 11.8 Å². The number of fused-ring (bicyclic) bond motifs is 1. The first-order valence-corrected chi connectivity index (χ1v) is 15.0. The highest BCUT2D eigenvalue weighted by atomic mass is 35.5. The van der Waals surface area contributed by atoms with Gasteiger partial charge in [-0.15, -0.1) is 11.8 Å². The molecule has 0 aliphatic carbocycles. The number of hydrogen-bond donors (Lipinski definition) is 3. The highest BCUT2D eigenvalue weighted by molar-refractivity contribution is 8.02. The van der Waals surface area contributed by atoms with Gasteiger partial charge in [-0.25, -0.2) is 0 Å². The number of thioether (sulfide) groups is 1. The number of nitrogens with one attached hydrogen (secondary N) is 2. The first-order chi connectivity index (χ1) is 19.8. The van der Waals surface area contributed by atoms with E-state index in [4.69, 9.17) is 11.6 Å². The first-order valence-electron chi connectivity index (χ1n) is 13.9. The van der Waals surface area contributed by atoms with Gasteiger partial charge in [-0.05, 0) is 68.1 Å². The standard InChI is InChI=1S/C32H32ClN3O4S/c1-31-16-17-32(41-31)26(25(31)28(38)34-22-10-6-3-7-11-22)30(40)36(24(19-37)18-20-8-4-2-5-9-20)27(32)29(39)35-23-14-12-21(33)13-15-23/h2-15,24-27,37H,16-19H2,1H3,(H,34,38)(H,35,39)/t24-,25+,26+,27?,31-,32?/m1/s1. The van der Waals surface area contributed by atoms with Crippen LogP contribution in [0.1, 0.15) is 25.3 Å². The highest BCUT2D eigenvalue weighted by Crippen LogP contribution is 2.71. The predicted octanol–water partition coefficient (Wildman–Crippen LogP) is 5.00. The summed E-state index contributed by atoms with van der Waals surface area (Å²) in [5.41, 5.74) is 2.19. The predicted molar refractivity (Wildman–Crippen MR) is 162 cm³/mol. The van der Waals surface area contributed by atoms with Crippen LogP contribution in [0, 0.1) is 11.8 Å². The molecule has 3 heterocycles. The molecule has 3 amide bonds. The Morgan fingerprint density at radius 3 is 2.22 bits per heavy atom. The molecule has 0 radical (unpaired) electrons. The number of benzene rings is 3. The van der Waals surface area contributed by atoms with Gasteiger partial charge in [-0.3, -0.25) is 14.4 Å².